The highest BCUT2D eigenvalue weighted by molar-refractivity contribution is 9.11. The number of benzene rings is 3. The van der Waals surface area contributed by atoms with E-state index in [1.54, 1.807) is 0 Å². The molecule has 5 heteroatoms. The van der Waals surface area contributed by atoms with E-state index in [0.29, 0.717) is 11.3 Å². The van der Waals surface area contributed by atoms with Crippen molar-refractivity contribution in [3.63, 3.8) is 0 Å². The number of nitrogens with one attached hydrogen (secondary N) is 1. The number of nitrogens with zero attached hydrogens (tertiary/aromatic N) is 1. The van der Waals surface area contributed by atoms with E-state index in [1.807, 2.05) is 48.5 Å². The van der Waals surface area contributed by atoms with Gasteiger partial charge in [-0.2, -0.15) is 0 Å². The van der Waals surface area contributed by atoms with Crippen LogP contribution in [0.1, 0.15) is 21.5 Å². The molecular weight excluding hydrogens is 492 g/mol. The van der Waals surface area contributed by atoms with Crippen molar-refractivity contribution in [1.29, 1.82) is 0 Å². The van der Waals surface area contributed by atoms with E-state index in [9.17, 15) is 4.79 Å². The summed E-state index contributed by atoms with van der Waals surface area (Å²) >= 11 is 6.94. The summed E-state index contributed by atoms with van der Waals surface area (Å²) < 4.78 is 1.75. The van der Waals surface area contributed by atoms with Crippen molar-refractivity contribution in [2.45, 2.75) is 13.8 Å². The van der Waals surface area contributed by atoms with Gasteiger partial charge in [0, 0.05) is 19.9 Å². The average Bonchev–Trinajstić information content (AvgIpc) is 2.69. The minimum absolute atomic E-state index is 0.169. The van der Waals surface area contributed by atoms with E-state index in [2.05, 4.69) is 69.2 Å². The highest BCUT2D eigenvalue weighted by Gasteiger charge is 2.16. The van der Waals surface area contributed by atoms with Crippen LogP contribution in [0, 0.1) is 13.8 Å². The first-order valence-corrected chi connectivity index (χ1v) is 10.7. The molecule has 3 nitrogen and oxygen atoms in total. The molecule has 3 aromatic carbocycles. The van der Waals surface area contributed by atoms with Crippen LogP contribution >= 0.6 is 31.9 Å². The molecule has 144 valence electrons. The lowest BCUT2D eigenvalue weighted by Crippen LogP contribution is -2.13. The largest absolute Gasteiger partial charge is 0.321 e. The van der Waals surface area contributed by atoms with Crippen LogP contribution in [-0.4, -0.2) is 10.9 Å². The highest BCUT2D eigenvalue weighted by atomic mass is 79.9. The van der Waals surface area contributed by atoms with Crippen LogP contribution in [0.2, 0.25) is 0 Å². The van der Waals surface area contributed by atoms with Crippen molar-refractivity contribution in [3.05, 3.63) is 92.4 Å². The number of para-hydroxylation sites is 1. The number of rotatable bonds is 3. The van der Waals surface area contributed by atoms with E-state index >= 15 is 0 Å². The molecule has 0 atom stereocenters. The van der Waals surface area contributed by atoms with E-state index in [1.165, 1.54) is 5.56 Å². The van der Waals surface area contributed by atoms with Gasteiger partial charge in [0.1, 0.15) is 0 Å². The van der Waals surface area contributed by atoms with Crippen molar-refractivity contribution in [2.75, 3.05) is 5.32 Å². The first-order valence-electron chi connectivity index (χ1n) is 9.16. The lowest BCUT2D eigenvalue weighted by molar-refractivity contribution is 0.102. The van der Waals surface area contributed by atoms with Crippen molar-refractivity contribution in [1.82, 2.24) is 4.98 Å². The van der Waals surface area contributed by atoms with Crippen LogP contribution in [-0.2, 0) is 0 Å². The highest BCUT2D eigenvalue weighted by Crippen LogP contribution is 2.30. The van der Waals surface area contributed by atoms with Gasteiger partial charge in [0.15, 0.2) is 0 Å². The summed E-state index contributed by atoms with van der Waals surface area (Å²) in [5.41, 5.74) is 6.26. The molecule has 0 spiro atoms. The molecule has 1 aromatic heterocycles. The summed E-state index contributed by atoms with van der Waals surface area (Å²) in [6.07, 6.45) is 0. The molecule has 0 aliphatic heterocycles. The Labute approximate surface area is 186 Å². The van der Waals surface area contributed by atoms with E-state index in [0.717, 1.165) is 36.7 Å². The van der Waals surface area contributed by atoms with E-state index in [-0.39, 0.29) is 5.91 Å². The molecule has 1 N–H and O–H groups in total. The van der Waals surface area contributed by atoms with Gasteiger partial charge in [-0.1, -0.05) is 57.9 Å². The second-order valence-corrected chi connectivity index (χ2v) is 8.74. The molecule has 1 heterocycles. The van der Waals surface area contributed by atoms with Crippen molar-refractivity contribution in [3.8, 4) is 11.3 Å². The lowest BCUT2D eigenvalue weighted by Gasteiger charge is -2.13. The van der Waals surface area contributed by atoms with Crippen molar-refractivity contribution in [2.24, 2.45) is 0 Å². The number of pyridine rings is 1. The quantitative estimate of drug-likeness (QED) is 0.315. The van der Waals surface area contributed by atoms with Gasteiger partial charge in [0.05, 0.1) is 22.5 Å². The number of aromatic nitrogens is 1. The third kappa shape index (κ3) is 4.11. The normalized spacial score (nSPS) is 10.9. The number of hydrogen-bond donors (Lipinski definition) is 1. The maximum Gasteiger partial charge on any atom is 0.256 e. The van der Waals surface area contributed by atoms with Crippen LogP contribution in [0.4, 0.5) is 5.69 Å². The predicted octanol–water partition coefficient (Wildman–Crippen LogP) is 7.30. The summed E-state index contributed by atoms with van der Waals surface area (Å²) in [4.78, 5) is 18.0. The van der Waals surface area contributed by atoms with Crippen LogP contribution in [0.3, 0.4) is 0 Å². The number of aryl methyl sites for hydroxylation is 2. The zero-order valence-corrected chi connectivity index (χ0v) is 19.1. The van der Waals surface area contributed by atoms with Gasteiger partial charge in [0.25, 0.3) is 5.91 Å². The number of hydrogen-bond acceptors (Lipinski definition) is 2. The molecule has 0 saturated heterocycles. The predicted molar refractivity (Wildman–Crippen MR) is 126 cm³/mol. The Morgan fingerprint density at radius 1 is 0.931 bits per heavy atom. The second kappa shape index (κ2) is 8.09. The molecule has 0 fully saturated rings. The topological polar surface area (TPSA) is 42.0 Å². The average molecular weight is 510 g/mol. The summed E-state index contributed by atoms with van der Waals surface area (Å²) in [5.74, 6) is -0.169. The minimum Gasteiger partial charge on any atom is -0.321 e. The fourth-order valence-corrected chi connectivity index (χ4v) is 4.53. The molecule has 4 aromatic rings. The Bertz CT molecular complexity index is 1250. The number of anilines is 1. The molecular formula is C24H18Br2N2O. The fourth-order valence-electron chi connectivity index (χ4n) is 3.38. The monoisotopic (exact) mass is 508 g/mol. The summed E-state index contributed by atoms with van der Waals surface area (Å²) in [7, 11) is 0. The van der Waals surface area contributed by atoms with Crippen LogP contribution in [0.15, 0.2) is 75.7 Å². The summed E-state index contributed by atoms with van der Waals surface area (Å²) in [6.45, 7) is 4.14. The van der Waals surface area contributed by atoms with Gasteiger partial charge in [-0.3, -0.25) is 4.79 Å². The molecule has 0 unspecified atom stereocenters. The third-order valence-corrected chi connectivity index (χ3v) is 5.95. The maximum atomic E-state index is 13.2. The Kier molecular flexibility index (Phi) is 5.52. The molecule has 0 saturated carbocycles. The van der Waals surface area contributed by atoms with Crippen molar-refractivity contribution < 1.29 is 4.79 Å². The molecule has 0 bridgehead atoms. The number of amides is 1. The first-order chi connectivity index (χ1) is 13.9. The molecule has 1 amide bonds. The standard InChI is InChI=1S/C24H18Br2N2O/c1-14-7-9-17(15(2)11-14)23-13-19(18-5-3-4-6-21(18)27-23)24(29)28-22-10-8-16(25)12-20(22)26/h3-13H,1-2H3,(H,28,29). The Morgan fingerprint density at radius 2 is 1.72 bits per heavy atom. The number of fused-ring (bicyclic) bond motifs is 1. The van der Waals surface area contributed by atoms with E-state index in [4.69, 9.17) is 4.98 Å². The van der Waals surface area contributed by atoms with Crippen LogP contribution in [0.5, 0.6) is 0 Å². The third-order valence-electron chi connectivity index (χ3n) is 4.80. The maximum absolute atomic E-state index is 13.2. The number of halogens is 2. The molecule has 4 rings (SSSR count). The fraction of sp³-hybridized carbons (Fsp3) is 0.0833. The van der Waals surface area contributed by atoms with Gasteiger partial charge >= 0.3 is 0 Å². The van der Waals surface area contributed by atoms with Crippen LogP contribution < -0.4 is 5.32 Å². The summed E-state index contributed by atoms with van der Waals surface area (Å²) in [5, 5.41) is 3.84. The smallest absolute Gasteiger partial charge is 0.256 e. The van der Waals surface area contributed by atoms with Crippen molar-refractivity contribution >= 4 is 54.4 Å². The van der Waals surface area contributed by atoms with Gasteiger partial charge in [-0.05, 0) is 65.7 Å². The molecule has 0 radical (unpaired) electrons. The zero-order valence-electron chi connectivity index (χ0n) is 16.0. The van der Waals surface area contributed by atoms with Gasteiger partial charge in [-0.25, -0.2) is 4.98 Å². The molecule has 0 aliphatic rings. The number of carbonyl (C=O) groups excluding carboxylic acids is 1. The Hall–Kier alpha value is -2.50. The van der Waals surface area contributed by atoms with E-state index < -0.39 is 0 Å². The number of carbonyl (C=O) groups is 1. The molecule has 0 aliphatic carbocycles. The zero-order chi connectivity index (χ0) is 20.5. The Balaban J connectivity index is 1.83. The molecule has 29 heavy (non-hydrogen) atoms. The van der Waals surface area contributed by atoms with Gasteiger partial charge in [0.2, 0.25) is 0 Å². The lowest BCUT2D eigenvalue weighted by atomic mass is 9.99. The Morgan fingerprint density at radius 3 is 2.48 bits per heavy atom. The van der Waals surface area contributed by atoms with Gasteiger partial charge in [-0.15, -0.1) is 0 Å². The van der Waals surface area contributed by atoms with Crippen LogP contribution in [0.25, 0.3) is 22.2 Å². The summed E-state index contributed by atoms with van der Waals surface area (Å²) in [6, 6.07) is 21.5. The first kappa shape index (κ1) is 19.8. The second-order valence-electron chi connectivity index (χ2n) is 6.97. The SMILES string of the molecule is Cc1ccc(-c2cc(C(=O)Nc3ccc(Br)cc3Br)c3ccccc3n2)c(C)c1. The minimum atomic E-state index is -0.169. The van der Waals surface area contributed by atoms with Gasteiger partial charge < -0.3 is 5.32 Å².